The number of allylic oxidation sites excluding steroid dienone is 1. The van der Waals surface area contributed by atoms with Crippen LogP contribution in [0.5, 0.6) is 5.75 Å². The highest BCUT2D eigenvalue weighted by atomic mass is 16.3. The number of phenols is 1. The molecule has 3 atom stereocenters. The Bertz CT molecular complexity index is 990. The van der Waals surface area contributed by atoms with Crippen molar-refractivity contribution >= 4 is 17.3 Å². The summed E-state index contributed by atoms with van der Waals surface area (Å²) in [5, 5.41) is 23.2. The fraction of sp³-hybridized carbons (Fsp3) is 0.480. The van der Waals surface area contributed by atoms with Gasteiger partial charge in [-0.25, -0.2) is 0 Å². The number of phenolic OH excluding ortho intramolecular Hbond substituents is 1. The first-order valence-corrected chi connectivity index (χ1v) is 11.4. The van der Waals surface area contributed by atoms with Crippen molar-refractivity contribution in [3.05, 3.63) is 42.0 Å². The maximum absolute atomic E-state index is 11.9. The molecule has 2 bridgehead atoms. The van der Waals surface area contributed by atoms with Crippen LogP contribution in [0.1, 0.15) is 44.6 Å². The second kappa shape index (κ2) is 9.28. The number of amides is 1. The molecule has 2 N–H and O–H groups in total. The predicted octanol–water partition coefficient (Wildman–Crippen LogP) is 3.45. The quantitative estimate of drug-likeness (QED) is 0.700. The summed E-state index contributed by atoms with van der Waals surface area (Å²) < 4.78 is 0. The summed E-state index contributed by atoms with van der Waals surface area (Å²) in [7, 11) is 5.53. The van der Waals surface area contributed by atoms with Crippen molar-refractivity contribution < 1.29 is 9.90 Å². The molecule has 4 rings (SSSR count). The van der Waals surface area contributed by atoms with Gasteiger partial charge in [0.2, 0.25) is 5.91 Å². The zero-order valence-electron chi connectivity index (χ0n) is 19.4. The van der Waals surface area contributed by atoms with Gasteiger partial charge in [0.25, 0.3) is 0 Å². The smallest absolute Gasteiger partial charge is 0.246 e. The van der Waals surface area contributed by atoms with E-state index < -0.39 is 0 Å². The van der Waals surface area contributed by atoms with Crippen LogP contribution in [0, 0.1) is 0 Å². The van der Waals surface area contributed by atoms with Crippen molar-refractivity contribution in [1.29, 1.82) is 0 Å². The minimum atomic E-state index is -0.0889. The summed E-state index contributed by atoms with van der Waals surface area (Å²) in [5.41, 5.74) is 2.83. The topological polar surface area (TPSA) is 81.6 Å². The van der Waals surface area contributed by atoms with Crippen molar-refractivity contribution in [2.24, 2.45) is 0 Å². The summed E-state index contributed by atoms with van der Waals surface area (Å²) in [6.45, 7) is 1.86. The molecule has 2 aliphatic heterocycles. The second-order valence-corrected chi connectivity index (χ2v) is 9.30. The Morgan fingerprint density at radius 3 is 2.41 bits per heavy atom. The van der Waals surface area contributed by atoms with E-state index in [1.165, 1.54) is 24.2 Å². The maximum Gasteiger partial charge on any atom is 0.246 e. The van der Waals surface area contributed by atoms with Gasteiger partial charge < -0.3 is 20.2 Å². The maximum atomic E-state index is 11.9. The molecule has 7 nitrogen and oxygen atoms in total. The van der Waals surface area contributed by atoms with Gasteiger partial charge in [-0.2, -0.15) is 0 Å². The van der Waals surface area contributed by atoms with E-state index in [-0.39, 0.29) is 11.7 Å². The summed E-state index contributed by atoms with van der Waals surface area (Å²) in [6.07, 6.45) is 7.70. The third kappa shape index (κ3) is 4.78. The molecular formula is C25H33N5O2. The van der Waals surface area contributed by atoms with Crippen LogP contribution in [0.3, 0.4) is 0 Å². The van der Waals surface area contributed by atoms with Gasteiger partial charge in [0.15, 0.2) is 5.82 Å². The van der Waals surface area contributed by atoms with Crippen molar-refractivity contribution in [2.75, 3.05) is 26.0 Å². The van der Waals surface area contributed by atoms with Gasteiger partial charge >= 0.3 is 0 Å². The minimum Gasteiger partial charge on any atom is -0.507 e. The minimum absolute atomic E-state index is 0.0889. The Morgan fingerprint density at radius 2 is 1.81 bits per heavy atom. The van der Waals surface area contributed by atoms with Crippen molar-refractivity contribution in [1.82, 2.24) is 20.4 Å². The summed E-state index contributed by atoms with van der Waals surface area (Å²) in [4.78, 5) is 15.7. The van der Waals surface area contributed by atoms with E-state index >= 15 is 0 Å². The molecule has 0 saturated carbocycles. The Labute approximate surface area is 190 Å². The number of nitrogens with one attached hydrogen (secondary N) is 1. The first-order valence-electron chi connectivity index (χ1n) is 11.4. The number of likely N-dealkylation sites (N-methyl/N-ethyl adjacent to an activating group) is 1. The SMILES string of the molecule is C/C(=C\C(=O)N(C)C)c1ccc(-c2ccc(N(C)C3C[C@H]4CCC[C@@H](C3)N4)nn2)c(O)c1. The molecule has 0 spiro atoms. The Balaban J connectivity index is 1.48. The van der Waals surface area contributed by atoms with E-state index in [4.69, 9.17) is 0 Å². The van der Waals surface area contributed by atoms with Gasteiger partial charge in [0, 0.05) is 50.9 Å². The molecule has 2 aromatic rings. The molecule has 0 radical (unpaired) electrons. The van der Waals surface area contributed by atoms with E-state index in [2.05, 4.69) is 27.5 Å². The van der Waals surface area contributed by atoms with Gasteiger partial charge in [-0.3, -0.25) is 4.79 Å². The molecular weight excluding hydrogens is 402 g/mol. The highest BCUT2D eigenvalue weighted by molar-refractivity contribution is 5.94. The number of benzene rings is 1. The number of anilines is 1. The van der Waals surface area contributed by atoms with E-state index in [1.54, 1.807) is 26.2 Å². The molecule has 7 heteroatoms. The van der Waals surface area contributed by atoms with Crippen molar-refractivity contribution in [2.45, 2.75) is 57.2 Å². The normalized spacial score (nSPS) is 23.0. The fourth-order valence-corrected chi connectivity index (χ4v) is 4.79. The highest BCUT2D eigenvalue weighted by Crippen LogP contribution is 2.32. The number of carbonyl (C=O) groups is 1. The number of hydrogen-bond acceptors (Lipinski definition) is 6. The molecule has 1 amide bonds. The number of piperidine rings is 2. The van der Waals surface area contributed by atoms with E-state index in [0.717, 1.165) is 29.8 Å². The lowest BCUT2D eigenvalue weighted by Gasteiger charge is -2.43. The van der Waals surface area contributed by atoms with Gasteiger partial charge in [0.1, 0.15) is 5.75 Å². The van der Waals surface area contributed by atoms with Crippen LogP contribution < -0.4 is 10.2 Å². The monoisotopic (exact) mass is 435 g/mol. The number of aromatic hydroxyl groups is 1. The average molecular weight is 436 g/mol. The van der Waals surface area contributed by atoms with E-state index in [0.29, 0.717) is 29.4 Å². The largest absolute Gasteiger partial charge is 0.507 e. The number of carbonyl (C=O) groups excluding carboxylic acids is 1. The van der Waals surface area contributed by atoms with Gasteiger partial charge in [-0.15, -0.1) is 10.2 Å². The summed E-state index contributed by atoms with van der Waals surface area (Å²) >= 11 is 0. The Morgan fingerprint density at radius 1 is 1.09 bits per heavy atom. The van der Waals surface area contributed by atoms with Crippen LogP contribution in [0.25, 0.3) is 16.8 Å². The van der Waals surface area contributed by atoms with Crippen LogP contribution in [0.2, 0.25) is 0 Å². The number of nitrogens with zero attached hydrogens (tertiary/aromatic N) is 4. The average Bonchev–Trinajstić information content (AvgIpc) is 2.78. The van der Waals surface area contributed by atoms with E-state index in [9.17, 15) is 9.90 Å². The van der Waals surface area contributed by atoms with Crippen LogP contribution in [-0.2, 0) is 4.79 Å². The first kappa shape index (κ1) is 22.3. The lowest BCUT2D eigenvalue weighted by atomic mass is 9.83. The van der Waals surface area contributed by atoms with Gasteiger partial charge in [0.05, 0.1) is 5.69 Å². The number of rotatable bonds is 5. The lowest BCUT2D eigenvalue weighted by Crippen LogP contribution is -2.54. The molecule has 170 valence electrons. The van der Waals surface area contributed by atoms with Crippen LogP contribution in [-0.4, -0.2) is 65.4 Å². The van der Waals surface area contributed by atoms with Gasteiger partial charge in [-0.05, 0) is 68.0 Å². The first-order chi connectivity index (χ1) is 15.3. The fourth-order valence-electron chi connectivity index (χ4n) is 4.79. The predicted molar refractivity (Wildman–Crippen MR) is 127 cm³/mol. The molecule has 0 aliphatic carbocycles. The Kier molecular flexibility index (Phi) is 6.46. The van der Waals surface area contributed by atoms with Crippen LogP contribution in [0.15, 0.2) is 36.4 Å². The molecule has 3 heterocycles. The zero-order valence-corrected chi connectivity index (χ0v) is 19.4. The van der Waals surface area contributed by atoms with Gasteiger partial charge in [-0.1, -0.05) is 12.5 Å². The molecule has 2 fully saturated rings. The number of hydrogen-bond donors (Lipinski definition) is 2. The molecule has 2 saturated heterocycles. The highest BCUT2D eigenvalue weighted by Gasteiger charge is 2.33. The van der Waals surface area contributed by atoms with Crippen LogP contribution >= 0.6 is 0 Å². The third-order valence-electron chi connectivity index (χ3n) is 6.76. The molecule has 32 heavy (non-hydrogen) atoms. The van der Waals surface area contributed by atoms with Crippen molar-refractivity contribution in [3.8, 4) is 17.0 Å². The summed E-state index contributed by atoms with van der Waals surface area (Å²) in [5.74, 6) is 0.888. The molecule has 1 aromatic carbocycles. The zero-order chi connectivity index (χ0) is 22.8. The molecule has 1 aromatic heterocycles. The molecule has 1 unspecified atom stereocenters. The number of fused-ring (bicyclic) bond motifs is 2. The third-order valence-corrected chi connectivity index (χ3v) is 6.76. The second-order valence-electron chi connectivity index (χ2n) is 9.30. The molecule has 2 aliphatic rings. The Hall–Kier alpha value is -2.93. The summed E-state index contributed by atoms with van der Waals surface area (Å²) in [6, 6.07) is 11.0. The standard InChI is InChI=1S/C25H33N5O2/c1-16(12-25(32)29(2)3)17-8-9-21(23(31)13-17)22-10-11-24(28-27-22)30(4)20-14-18-6-5-7-19(15-20)26-18/h8-13,18-20,26,31H,5-7,14-15H2,1-4H3/b16-12+/t18-,19+,20?. The van der Waals surface area contributed by atoms with E-state index in [1.807, 2.05) is 31.2 Å². The van der Waals surface area contributed by atoms with Crippen molar-refractivity contribution in [3.63, 3.8) is 0 Å². The van der Waals surface area contributed by atoms with Crippen LogP contribution in [0.4, 0.5) is 5.82 Å². The number of aromatic nitrogens is 2. The lowest BCUT2D eigenvalue weighted by molar-refractivity contribution is -0.123.